The van der Waals surface area contributed by atoms with Crippen molar-refractivity contribution in [2.24, 2.45) is 17.6 Å². The highest BCUT2D eigenvalue weighted by Gasteiger charge is 2.34. The molecule has 0 radical (unpaired) electrons. The van der Waals surface area contributed by atoms with E-state index in [1.165, 1.54) is 12.0 Å². The molecule has 94 valence electrons. The number of nitrogens with two attached hydrogens (primary N) is 1. The standard InChI is InChI=1S/C14H21ClN2/c1-10-7-12(10)9-17(2)14(8-16)11-3-5-13(15)6-4-11/h3-6,10,12,14H,7-9,16H2,1-2H3. The van der Waals surface area contributed by atoms with Crippen molar-refractivity contribution in [2.45, 2.75) is 19.4 Å². The molecule has 1 aromatic rings. The highest BCUT2D eigenvalue weighted by atomic mass is 35.5. The zero-order chi connectivity index (χ0) is 12.4. The fraction of sp³-hybridized carbons (Fsp3) is 0.571. The Kier molecular flexibility index (Phi) is 4.08. The van der Waals surface area contributed by atoms with Crippen molar-refractivity contribution in [3.8, 4) is 0 Å². The highest BCUT2D eigenvalue weighted by molar-refractivity contribution is 6.30. The lowest BCUT2D eigenvalue weighted by molar-refractivity contribution is 0.237. The van der Waals surface area contributed by atoms with Crippen LogP contribution >= 0.6 is 11.6 Å². The van der Waals surface area contributed by atoms with E-state index in [0.29, 0.717) is 12.6 Å². The molecule has 1 fully saturated rings. The van der Waals surface area contributed by atoms with Gasteiger partial charge < -0.3 is 5.73 Å². The van der Waals surface area contributed by atoms with Gasteiger partial charge in [0.15, 0.2) is 0 Å². The molecule has 1 aromatic carbocycles. The zero-order valence-electron chi connectivity index (χ0n) is 10.6. The van der Waals surface area contributed by atoms with Crippen LogP contribution < -0.4 is 5.73 Å². The van der Waals surface area contributed by atoms with Gasteiger partial charge in [-0.2, -0.15) is 0 Å². The average Bonchev–Trinajstić information content (AvgIpc) is 2.98. The average molecular weight is 253 g/mol. The van der Waals surface area contributed by atoms with Crippen LogP contribution in [0.15, 0.2) is 24.3 Å². The molecule has 3 unspecified atom stereocenters. The molecule has 1 saturated carbocycles. The maximum absolute atomic E-state index is 5.91. The predicted octanol–water partition coefficient (Wildman–Crippen LogP) is 2.93. The summed E-state index contributed by atoms with van der Waals surface area (Å²) in [6.45, 7) is 4.11. The molecule has 2 rings (SSSR count). The van der Waals surface area contributed by atoms with Crippen LogP contribution in [0.1, 0.15) is 24.9 Å². The van der Waals surface area contributed by atoms with E-state index >= 15 is 0 Å². The Morgan fingerprint density at radius 1 is 1.41 bits per heavy atom. The first-order chi connectivity index (χ1) is 8.11. The summed E-state index contributed by atoms with van der Waals surface area (Å²) in [5, 5.41) is 0.781. The topological polar surface area (TPSA) is 29.3 Å². The van der Waals surface area contributed by atoms with Crippen LogP contribution in [-0.2, 0) is 0 Å². The molecule has 0 saturated heterocycles. The predicted molar refractivity (Wildman–Crippen MR) is 73.1 cm³/mol. The Hall–Kier alpha value is -0.570. The first kappa shape index (κ1) is 12.9. The largest absolute Gasteiger partial charge is 0.329 e. The number of hydrogen-bond acceptors (Lipinski definition) is 2. The minimum Gasteiger partial charge on any atom is -0.329 e. The second-order valence-corrected chi connectivity index (χ2v) is 5.65. The quantitative estimate of drug-likeness (QED) is 0.873. The van der Waals surface area contributed by atoms with Crippen LogP contribution in [0, 0.1) is 11.8 Å². The molecule has 0 bridgehead atoms. The lowest BCUT2D eigenvalue weighted by Gasteiger charge is -2.27. The summed E-state index contributed by atoms with van der Waals surface area (Å²) >= 11 is 5.91. The lowest BCUT2D eigenvalue weighted by Crippen LogP contribution is -2.32. The number of rotatable bonds is 5. The molecule has 2 nitrogen and oxygen atoms in total. The Labute approximate surface area is 109 Å². The summed E-state index contributed by atoms with van der Waals surface area (Å²) < 4.78 is 0. The van der Waals surface area contributed by atoms with Crippen molar-refractivity contribution in [1.82, 2.24) is 4.90 Å². The zero-order valence-corrected chi connectivity index (χ0v) is 11.3. The molecule has 0 aromatic heterocycles. The summed E-state index contributed by atoms with van der Waals surface area (Å²) in [7, 11) is 2.16. The van der Waals surface area contributed by atoms with Crippen molar-refractivity contribution >= 4 is 11.6 Å². The summed E-state index contributed by atoms with van der Waals surface area (Å²) in [4.78, 5) is 2.37. The van der Waals surface area contributed by atoms with E-state index < -0.39 is 0 Å². The summed E-state index contributed by atoms with van der Waals surface area (Å²) in [5.41, 5.74) is 7.16. The molecule has 2 N–H and O–H groups in total. The van der Waals surface area contributed by atoms with E-state index in [1.807, 2.05) is 12.1 Å². The van der Waals surface area contributed by atoms with Gasteiger partial charge in [0, 0.05) is 24.2 Å². The second-order valence-electron chi connectivity index (χ2n) is 5.22. The first-order valence-electron chi connectivity index (χ1n) is 6.27. The minimum absolute atomic E-state index is 0.306. The van der Waals surface area contributed by atoms with Crippen LogP contribution in [0.25, 0.3) is 0 Å². The molecule has 0 amide bonds. The van der Waals surface area contributed by atoms with Gasteiger partial charge in [0.05, 0.1) is 0 Å². The molecule has 17 heavy (non-hydrogen) atoms. The van der Waals surface area contributed by atoms with E-state index in [2.05, 4.69) is 31.0 Å². The fourth-order valence-corrected chi connectivity index (χ4v) is 2.53. The highest BCUT2D eigenvalue weighted by Crippen LogP contribution is 2.39. The number of hydrogen-bond donors (Lipinski definition) is 1. The van der Waals surface area contributed by atoms with Crippen LogP contribution in [0.2, 0.25) is 5.02 Å². The van der Waals surface area contributed by atoms with Gasteiger partial charge >= 0.3 is 0 Å². The Morgan fingerprint density at radius 3 is 2.47 bits per heavy atom. The number of benzene rings is 1. The van der Waals surface area contributed by atoms with Gasteiger partial charge in [-0.25, -0.2) is 0 Å². The SMILES string of the molecule is CC1CC1CN(C)C(CN)c1ccc(Cl)cc1. The monoisotopic (exact) mass is 252 g/mol. The van der Waals surface area contributed by atoms with E-state index in [4.69, 9.17) is 17.3 Å². The maximum Gasteiger partial charge on any atom is 0.0467 e. The van der Waals surface area contributed by atoms with Gasteiger partial charge in [-0.1, -0.05) is 30.7 Å². The Bertz CT molecular complexity index is 363. The van der Waals surface area contributed by atoms with Crippen LogP contribution in [0.4, 0.5) is 0 Å². The van der Waals surface area contributed by atoms with Gasteiger partial charge in [0.1, 0.15) is 0 Å². The molecule has 0 heterocycles. The third kappa shape index (κ3) is 3.21. The van der Waals surface area contributed by atoms with Crippen molar-refractivity contribution < 1.29 is 0 Å². The van der Waals surface area contributed by atoms with Crippen LogP contribution in [0.3, 0.4) is 0 Å². The molecular weight excluding hydrogens is 232 g/mol. The van der Waals surface area contributed by atoms with E-state index in [-0.39, 0.29) is 0 Å². The fourth-order valence-electron chi connectivity index (χ4n) is 2.41. The van der Waals surface area contributed by atoms with Gasteiger partial charge in [0.2, 0.25) is 0 Å². The molecule has 3 heteroatoms. The van der Waals surface area contributed by atoms with Crippen molar-refractivity contribution in [1.29, 1.82) is 0 Å². The van der Waals surface area contributed by atoms with E-state index in [1.54, 1.807) is 0 Å². The molecule has 1 aliphatic rings. The van der Waals surface area contributed by atoms with Crippen LogP contribution in [0.5, 0.6) is 0 Å². The van der Waals surface area contributed by atoms with E-state index in [0.717, 1.165) is 23.4 Å². The molecular formula is C14H21ClN2. The van der Waals surface area contributed by atoms with Crippen molar-refractivity contribution in [3.05, 3.63) is 34.9 Å². The maximum atomic E-state index is 5.91. The Balaban J connectivity index is 2.01. The molecule has 3 atom stereocenters. The molecule has 0 spiro atoms. The summed E-state index contributed by atoms with van der Waals surface area (Å²) in [5.74, 6) is 1.75. The van der Waals surface area contributed by atoms with Crippen molar-refractivity contribution in [2.75, 3.05) is 20.1 Å². The first-order valence-corrected chi connectivity index (χ1v) is 6.65. The minimum atomic E-state index is 0.306. The normalized spacial score (nSPS) is 25.0. The van der Waals surface area contributed by atoms with Crippen LogP contribution in [-0.4, -0.2) is 25.0 Å². The van der Waals surface area contributed by atoms with Gasteiger partial charge in [-0.3, -0.25) is 4.90 Å². The number of likely N-dealkylation sites (N-methyl/N-ethyl adjacent to an activating group) is 1. The lowest BCUT2D eigenvalue weighted by atomic mass is 10.1. The second kappa shape index (κ2) is 5.38. The molecule has 0 aliphatic heterocycles. The van der Waals surface area contributed by atoms with Gasteiger partial charge in [-0.05, 0) is 43.0 Å². The summed E-state index contributed by atoms with van der Waals surface area (Å²) in [6.07, 6.45) is 1.36. The number of halogens is 1. The third-order valence-corrected chi connectivity index (χ3v) is 4.06. The van der Waals surface area contributed by atoms with Gasteiger partial charge in [-0.15, -0.1) is 0 Å². The third-order valence-electron chi connectivity index (χ3n) is 3.81. The Morgan fingerprint density at radius 2 is 2.00 bits per heavy atom. The smallest absolute Gasteiger partial charge is 0.0467 e. The number of nitrogens with zero attached hydrogens (tertiary/aromatic N) is 1. The van der Waals surface area contributed by atoms with Gasteiger partial charge in [0.25, 0.3) is 0 Å². The van der Waals surface area contributed by atoms with E-state index in [9.17, 15) is 0 Å². The molecule has 1 aliphatic carbocycles. The summed E-state index contributed by atoms with van der Waals surface area (Å²) in [6, 6.07) is 8.33. The van der Waals surface area contributed by atoms with Crippen molar-refractivity contribution in [3.63, 3.8) is 0 Å².